The van der Waals surface area contributed by atoms with Crippen molar-refractivity contribution in [3.63, 3.8) is 0 Å². The molecule has 0 saturated carbocycles. The first kappa shape index (κ1) is 17.0. The van der Waals surface area contributed by atoms with Gasteiger partial charge in [-0.3, -0.25) is 4.79 Å². The van der Waals surface area contributed by atoms with Crippen LogP contribution in [-0.4, -0.2) is 33.9 Å². The molecule has 1 saturated heterocycles. The van der Waals surface area contributed by atoms with Crippen molar-refractivity contribution < 1.29 is 9.21 Å². The number of carbonyl (C=O) groups excluding carboxylic acids is 1. The molecule has 142 valence electrons. The highest BCUT2D eigenvalue weighted by atomic mass is 16.3. The molecule has 1 N–H and O–H groups in total. The maximum absolute atomic E-state index is 13.3. The normalized spacial score (nSPS) is 17.5. The van der Waals surface area contributed by atoms with Gasteiger partial charge >= 0.3 is 0 Å². The molecular weight excluding hydrogens is 350 g/mol. The fourth-order valence-electron chi connectivity index (χ4n) is 4.24. The van der Waals surface area contributed by atoms with Gasteiger partial charge in [-0.1, -0.05) is 23.8 Å². The maximum atomic E-state index is 13.3. The van der Waals surface area contributed by atoms with Crippen LogP contribution in [0.15, 0.2) is 46.9 Å². The predicted octanol–water partition coefficient (Wildman–Crippen LogP) is 4.95. The Morgan fingerprint density at radius 3 is 2.93 bits per heavy atom. The first-order valence-corrected chi connectivity index (χ1v) is 9.84. The van der Waals surface area contributed by atoms with Crippen molar-refractivity contribution in [3.8, 4) is 0 Å². The van der Waals surface area contributed by atoms with Crippen molar-refractivity contribution in [1.29, 1.82) is 0 Å². The zero-order valence-electron chi connectivity index (χ0n) is 16.2. The molecule has 4 aromatic rings. The second-order valence-corrected chi connectivity index (χ2v) is 7.78. The summed E-state index contributed by atoms with van der Waals surface area (Å²) in [5.74, 6) is 0.937. The van der Waals surface area contributed by atoms with Crippen molar-refractivity contribution >= 4 is 27.9 Å². The number of piperidine rings is 1. The van der Waals surface area contributed by atoms with E-state index in [0.29, 0.717) is 12.2 Å². The second kappa shape index (κ2) is 6.51. The Kier molecular flexibility index (Phi) is 3.97. The monoisotopic (exact) mass is 373 g/mol. The van der Waals surface area contributed by atoms with E-state index in [1.807, 2.05) is 42.2 Å². The van der Waals surface area contributed by atoms with Gasteiger partial charge in [0.25, 0.3) is 5.91 Å². The molecule has 1 atom stereocenters. The molecule has 3 heterocycles. The van der Waals surface area contributed by atoms with Crippen molar-refractivity contribution in [3.05, 3.63) is 65.2 Å². The van der Waals surface area contributed by atoms with Crippen molar-refractivity contribution in [2.45, 2.75) is 32.6 Å². The van der Waals surface area contributed by atoms with Crippen molar-refractivity contribution in [2.75, 3.05) is 13.1 Å². The molecule has 0 radical (unpaired) electrons. The van der Waals surface area contributed by atoms with Gasteiger partial charge in [0.15, 0.2) is 11.5 Å². The van der Waals surface area contributed by atoms with Crippen LogP contribution >= 0.6 is 0 Å². The third kappa shape index (κ3) is 2.78. The van der Waals surface area contributed by atoms with Gasteiger partial charge in [-0.2, -0.15) is 0 Å². The predicted molar refractivity (Wildman–Crippen MR) is 110 cm³/mol. The summed E-state index contributed by atoms with van der Waals surface area (Å²) in [4.78, 5) is 23.2. The van der Waals surface area contributed by atoms with Crippen LogP contribution in [0.2, 0.25) is 0 Å². The Hall–Kier alpha value is -3.08. The van der Waals surface area contributed by atoms with E-state index >= 15 is 0 Å². The summed E-state index contributed by atoms with van der Waals surface area (Å²) in [5.41, 5.74) is 5.61. The fraction of sp³-hybridized carbons (Fsp3) is 0.304. The first-order valence-electron chi connectivity index (χ1n) is 9.84. The Balaban J connectivity index is 1.43. The van der Waals surface area contributed by atoms with E-state index < -0.39 is 0 Å². The molecule has 0 spiro atoms. The fourth-order valence-corrected chi connectivity index (χ4v) is 4.24. The summed E-state index contributed by atoms with van der Waals surface area (Å²) in [6.07, 6.45) is 1.94. The highest BCUT2D eigenvalue weighted by Gasteiger charge is 2.30. The first-order chi connectivity index (χ1) is 13.6. The average molecular weight is 373 g/mol. The number of carbonyl (C=O) groups is 1. The van der Waals surface area contributed by atoms with Crippen LogP contribution in [0.4, 0.5) is 0 Å². The number of aromatic nitrogens is 2. The number of fused-ring (bicyclic) bond motifs is 2. The molecule has 2 aromatic carbocycles. The minimum Gasteiger partial charge on any atom is -0.440 e. The minimum absolute atomic E-state index is 0.0622. The molecule has 1 aliphatic heterocycles. The number of aryl methyl sites for hydroxylation is 2. The number of nitrogens with zero attached hydrogens (tertiary/aromatic N) is 2. The lowest BCUT2D eigenvalue weighted by molar-refractivity contribution is 0.0693. The highest BCUT2D eigenvalue weighted by Crippen LogP contribution is 2.31. The molecule has 0 aliphatic carbocycles. The Bertz CT molecular complexity index is 1150. The molecule has 0 unspecified atom stereocenters. The number of oxazole rings is 1. The summed E-state index contributed by atoms with van der Waals surface area (Å²) in [5, 5.41) is 1.12. The Morgan fingerprint density at radius 1 is 1.21 bits per heavy atom. The lowest BCUT2D eigenvalue weighted by atomic mass is 9.97. The number of H-pyrrole nitrogens is 1. The van der Waals surface area contributed by atoms with Crippen LogP contribution in [0.1, 0.15) is 46.3 Å². The zero-order valence-corrected chi connectivity index (χ0v) is 16.2. The Labute approximate surface area is 163 Å². The number of hydrogen-bond donors (Lipinski definition) is 1. The van der Waals surface area contributed by atoms with E-state index in [-0.39, 0.29) is 11.8 Å². The van der Waals surface area contributed by atoms with Gasteiger partial charge in [0.2, 0.25) is 0 Å². The van der Waals surface area contributed by atoms with E-state index in [0.717, 1.165) is 52.8 Å². The SMILES string of the molecule is Cc1ccc2[nH]c(C(=O)N3CCC[C@@H](c4nc5ccccc5o4)C3)c(C)c2c1. The van der Waals surface area contributed by atoms with Crippen molar-refractivity contribution in [2.24, 2.45) is 0 Å². The molecule has 5 heteroatoms. The summed E-state index contributed by atoms with van der Waals surface area (Å²) < 4.78 is 5.97. The number of benzene rings is 2. The van der Waals surface area contributed by atoms with Gasteiger partial charge in [-0.05, 0) is 56.5 Å². The third-order valence-corrected chi connectivity index (χ3v) is 5.80. The molecule has 1 amide bonds. The number of aromatic amines is 1. The van der Waals surface area contributed by atoms with E-state index in [2.05, 4.69) is 29.0 Å². The van der Waals surface area contributed by atoms with E-state index in [1.165, 1.54) is 5.56 Å². The minimum atomic E-state index is 0.0622. The number of nitrogens with one attached hydrogen (secondary N) is 1. The van der Waals surface area contributed by atoms with E-state index in [9.17, 15) is 4.79 Å². The molecule has 5 rings (SSSR count). The molecule has 2 aromatic heterocycles. The zero-order chi connectivity index (χ0) is 19.3. The van der Waals surface area contributed by atoms with Gasteiger partial charge in [-0.25, -0.2) is 4.98 Å². The quantitative estimate of drug-likeness (QED) is 0.541. The molecule has 1 fully saturated rings. The smallest absolute Gasteiger partial charge is 0.270 e. The van der Waals surface area contributed by atoms with Gasteiger partial charge < -0.3 is 14.3 Å². The van der Waals surface area contributed by atoms with Gasteiger partial charge in [0.05, 0.1) is 5.92 Å². The number of rotatable bonds is 2. The van der Waals surface area contributed by atoms with Crippen LogP contribution < -0.4 is 0 Å². The summed E-state index contributed by atoms with van der Waals surface area (Å²) in [6, 6.07) is 14.1. The Morgan fingerprint density at radius 2 is 2.07 bits per heavy atom. The third-order valence-electron chi connectivity index (χ3n) is 5.80. The lowest BCUT2D eigenvalue weighted by Crippen LogP contribution is -2.39. The average Bonchev–Trinajstić information content (AvgIpc) is 3.29. The summed E-state index contributed by atoms with van der Waals surface area (Å²) in [6.45, 7) is 5.50. The van der Waals surface area contributed by atoms with Crippen LogP contribution in [-0.2, 0) is 0 Å². The maximum Gasteiger partial charge on any atom is 0.270 e. The molecular formula is C23H23N3O2. The summed E-state index contributed by atoms with van der Waals surface area (Å²) >= 11 is 0. The number of hydrogen-bond acceptors (Lipinski definition) is 3. The van der Waals surface area contributed by atoms with Crippen LogP contribution in [0.5, 0.6) is 0 Å². The van der Waals surface area contributed by atoms with Gasteiger partial charge in [-0.15, -0.1) is 0 Å². The summed E-state index contributed by atoms with van der Waals surface area (Å²) in [7, 11) is 0. The van der Waals surface area contributed by atoms with Crippen LogP contribution in [0.3, 0.4) is 0 Å². The van der Waals surface area contributed by atoms with Gasteiger partial charge in [0.1, 0.15) is 11.2 Å². The van der Waals surface area contributed by atoms with E-state index in [4.69, 9.17) is 4.42 Å². The molecule has 28 heavy (non-hydrogen) atoms. The topological polar surface area (TPSA) is 62.1 Å². The van der Waals surface area contributed by atoms with E-state index in [1.54, 1.807) is 0 Å². The van der Waals surface area contributed by atoms with Crippen LogP contribution in [0, 0.1) is 13.8 Å². The van der Waals surface area contributed by atoms with Gasteiger partial charge in [0, 0.05) is 24.0 Å². The largest absolute Gasteiger partial charge is 0.440 e. The second-order valence-electron chi connectivity index (χ2n) is 7.78. The number of para-hydroxylation sites is 2. The molecule has 5 nitrogen and oxygen atoms in total. The highest BCUT2D eigenvalue weighted by molar-refractivity contribution is 6.01. The molecule has 0 bridgehead atoms. The van der Waals surface area contributed by atoms with Crippen molar-refractivity contribution in [1.82, 2.24) is 14.9 Å². The number of amides is 1. The molecule has 1 aliphatic rings. The standard InChI is InChI=1S/C23H23N3O2/c1-14-9-10-18-17(12-14)15(2)21(24-18)23(27)26-11-5-6-16(13-26)22-25-19-7-3-4-8-20(19)28-22/h3-4,7-10,12,16,24H,5-6,11,13H2,1-2H3/t16-/m1/s1. The van der Waals surface area contributed by atoms with Crippen LogP contribution in [0.25, 0.3) is 22.0 Å². The number of likely N-dealkylation sites (tertiary alicyclic amines) is 1. The lowest BCUT2D eigenvalue weighted by Gasteiger charge is -2.31.